The molecule has 0 atom stereocenters. The van der Waals surface area contributed by atoms with Crippen molar-refractivity contribution < 1.29 is 9.59 Å². The number of anilines is 1. The summed E-state index contributed by atoms with van der Waals surface area (Å²) in [7, 11) is 1.65. The van der Waals surface area contributed by atoms with Crippen LogP contribution in [0.5, 0.6) is 0 Å². The Kier molecular flexibility index (Phi) is 2.88. The van der Waals surface area contributed by atoms with E-state index in [2.05, 4.69) is 0 Å². The fourth-order valence-electron chi connectivity index (χ4n) is 1.97. The van der Waals surface area contributed by atoms with Crippen molar-refractivity contribution in [1.29, 1.82) is 0 Å². The van der Waals surface area contributed by atoms with E-state index in [4.69, 9.17) is 0 Å². The average molecular weight is 232 g/mol. The van der Waals surface area contributed by atoms with Gasteiger partial charge in [0.2, 0.25) is 11.8 Å². The fraction of sp³-hybridized carbons (Fsp3) is 0.385. The summed E-state index contributed by atoms with van der Waals surface area (Å²) >= 11 is 0. The monoisotopic (exact) mass is 232 g/mol. The molecule has 1 aliphatic heterocycles. The highest BCUT2D eigenvalue weighted by molar-refractivity contribution is 6.04. The highest BCUT2D eigenvalue weighted by Crippen LogP contribution is 2.24. The van der Waals surface area contributed by atoms with E-state index >= 15 is 0 Å². The first kappa shape index (κ1) is 11.6. The quantitative estimate of drug-likeness (QED) is 0.727. The Hall–Kier alpha value is -1.84. The fourth-order valence-corrected chi connectivity index (χ4v) is 1.97. The van der Waals surface area contributed by atoms with Crippen molar-refractivity contribution in [2.24, 2.45) is 0 Å². The third kappa shape index (κ3) is 2.02. The van der Waals surface area contributed by atoms with Crippen LogP contribution in [0.2, 0.25) is 0 Å². The van der Waals surface area contributed by atoms with Gasteiger partial charge in [-0.2, -0.15) is 0 Å². The Morgan fingerprint density at radius 2 is 1.76 bits per heavy atom. The lowest BCUT2D eigenvalue weighted by atomic mass is 10.1. The van der Waals surface area contributed by atoms with Gasteiger partial charge in [0.25, 0.3) is 0 Å². The van der Waals surface area contributed by atoms with E-state index in [1.165, 1.54) is 4.90 Å². The maximum atomic E-state index is 11.9. The summed E-state index contributed by atoms with van der Waals surface area (Å²) in [5, 5.41) is 0. The molecule has 0 aliphatic carbocycles. The second kappa shape index (κ2) is 4.20. The molecule has 0 radical (unpaired) electrons. The summed E-state index contributed by atoms with van der Waals surface area (Å²) in [6.45, 7) is 4.27. The van der Waals surface area contributed by atoms with E-state index in [-0.39, 0.29) is 24.9 Å². The van der Waals surface area contributed by atoms with Crippen LogP contribution in [0.15, 0.2) is 18.2 Å². The number of piperazine rings is 1. The zero-order chi connectivity index (χ0) is 12.6. The smallest absolute Gasteiger partial charge is 0.247 e. The lowest BCUT2D eigenvalue weighted by Crippen LogP contribution is -2.52. The number of carbonyl (C=O) groups excluding carboxylic acids is 2. The second-order valence-corrected chi connectivity index (χ2v) is 4.45. The minimum absolute atomic E-state index is 0.0227. The molecular formula is C13H16N2O2. The van der Waals surface area contributed by atoms with Crippen LogP contribution in [-0.4, -0.2) is 36.9 Å². The Labute approximate surface area is 101 Å². The van der Waals surface area contributed by atoms with E-state index in [0.717, 1.165) is 16.8 Å². The largest absolute Gasteiger partial charge is 0.335 e. The van der Waals surface area contributed by atoms with Crippen LogP contribution >= 0.6 is 0 Å². The molecule has 1 heterocycles. The van der Waals surface area contributed by atoms with E-state index in [1.54, 1.807) is 11.9 Å². The number of hydrogen-bond donors (Lipinski definition) is 0. The van der Waals surface area contributed by atoms with Crippen LogP contribution in [0, 0.1) is 13.8 Å². The molecule has 0 bridgehead atoms. The van der Waals surface area contributed by atoms with Crippen molar-refractivity contribution in [3.05, 3.63) is 29.3 Å². The first-order valence-corrected chi connectivity index (χ1v) is 5.61. The van der Waals surface area contributed by atoms with Crippen LogP contribution in [0.25, 0.3) is 0 Å². The lowest BCUT2D eigenvalue weighted by Gasteiger charge is -2.32. The molecule has 4 heteroatoms. The molecule has 0 unspecified atom stereocenters. The van der Waals surface area contributed by atoms with Gasteiger partial charge in [-0.15, -0.1) is 0 Å². The van der Waals surface area contributed by atoms with Crippen molar-refractivity contribution in [3.8, 4) is 0 Å². The molecule has 90 valence electrons. The van der Waals surface area contributed by atoms with Crippen molar-refractivity contribution in [3.63, 3.8) is 0 Å². The van der Waals surface area contributed by atoms with Gasteiger partial charge in [0.15, 0.2) is 0 Å². The summed E-state index contributed by atoms with van der Waals surface area (Å²) in [4.78, 5) is 26.6. The van der Waals surface area contributed by atoms with Crippen LogP contribution in [0.4, 0.5) is 5.69 Å². The minimum atomic E-state index is -0.0270. The second-order valence-electron chi connectivity index (χ2n) is 4.45. The number of carbonyl (C=O) groups is 2. The molecule has 2 amide bonds. The molecule has 0 N–H and O–H groups in total. The maximum Gasteiger partial charge on any atom is 0.247 e. The number of likely N-dealkylation sites (N-methyl/N-ethyl adjacent to an activating group) is 1. The number of benzene rings is 1. The van der Waals surface area contributed by atoms with Gasteiger partial charge in [-0.05, 0) is 31.0 Å². The third-order valence-electron chi connectivity index (χ3n) is 3.26. The van der Waals surface area contributed by atoms with Crippen LogP contribution in [-0.2, 0) is 9.59 Å². The number of nitrogens with zero attached hydrogens (tertiary/aromatic N) is 2. The molecule has 1 aliphatic rings. The summed E-state index contributed by atoms with van der Waals surface area (Å²) in [5.41, 5.74) is 3.02. The van der Waals surface area contributed by atoms with Gasteiger partial charge in [-0.3, -0.25) is 9.59 Å². The zero-order valence-electron chi connectivity index (χ0n) is 10.4. The Morgan fingerprint density at radius 3 is 2.47 bits per heavy atom. The van der Waals surface area contributed by atoms with E-state index < -0.39 is 0 Å². The Balaban J connectivity index is 2.37. The number of rotatable bonds is 1. The van der Waals surface area contributed by atoms with Gasteiger partial charge >= 0.3 is 0 Å². The number of aryl methyl sites for hydroxylation is 1. The van der Waals surface area contributed by atoms with E-state index in [1.807, 2.05) is 32.0 Å². The first-order valence-electron chi connectivity index (χ1n) is 5.61. The molecule has 2 rings (SSSR count). The summed E-state index contributed by atoms with van der Waals surface area (Å²) in [6, 6.07) is 5.80. The SMILES string of the molecule is Cc1cccc(N2CC(=O)N(C)CC2=O)c1C. The average Bonchev–Trinajstić information content (AvgIpc) is 2.28. The van der Waals surface area contributed by atoms with Crippen molar-refractivity contribution >= 4 is 17.5 Å². The standard InChI is InChI=1S/C13H16N2O2/c1-9-5-4-6-11(10(9)2)15-8-12(16)14(3)7-13(15)17/h4-6H,7-8H2,1-3H3. The lowest BCUT2D eigenvalue weighted by molar-refractivity contribution is -0.136. The molecule has 17 heavy (non-hydrogen) atoms. The van der Waals surface area contributed by atoms with Gasteiger partial charge < -0.3 is 9.80 Å². The number of amides is 2. The Morgan fingerprint density at radius 1 is 1.06 bits per heavy atom. The summed E-state index contributed by atoms with van der Waals surface area (Å²) in [5.74, 6) is -0.0497. The highest BCUT2D eigenvalue weighted by Gasteiger charge is 2.29. The molecule has 0 aromatic heterocycles. The van der Waals surface area contributed by atoms with Crippen LogP contribution < -0.4 is 4.90 Å². The maximum absolute atomic E-state index is 11.9. The van der Waals surface area contributed by atoms with Gasteiger partial charge in [0, 0.05) is 12.7 Å². The van der Waals surface area contributed by atoms with Crippen molar-refractivity contribution in [1.82, 2.24) is 4.90 Å². The van der Waals surface area contributed by atoms with Crippen LogP contribution in [0.1, 0.15) is 11.1 Å². The molecule has 0 saturated carbocycles. The van der Waals surface area contributed by atoms with Gasteiger partial charge in [0.05, 0.1) is 6.54 Å². The molecule has 1 saturated heterocycles. The normalized spacial score (nSPS) is 16.6. The van der Waals surface area contributed by atoms with Crippen molar-refractivity contribution in [2.75, 3.05) is 25.0 Å². The van der Waals surface area contributed by atoms with E-state index in [9.17, 15) is 9.59 Å². The molecule has 4 nitrogen and oxygen atoms in total. The molecule has 0 spiro atoms. The number of hydrogen-bond acceptors (Lipinski definition) is 2. The molecule has 1 aromatic rings. The molecule has 1 aromatic carbocycles. The molecular weight excluding hydrogens is 216 g/mol. The van der Waals surface area contributed by atoms with Crippen LogP contribution in [0.3, 0.4) is 0 Å². The summed E-state index contributed by atoms with van der Waals surface area (Å²) in [6.07, 6.45) is 0. The van der Waals surface area contributed by atoms with Gasteiger partial charge in [-0.1, -0.05) is 12.1 Å². The zero-order valence-corrected chi connectivity index (χ0v) is 10.4. The first-order chi connectivity index (χ1) is 8.00. The highest BCUT2D eigenvalue weighted by atomic mass is 16.2. The van der Waals surface area contributed by atoms with E-state index in [0.29, 0.717) is 0 Å². The minimum Gasteiger partial charge on any atom is -0.335 e. The third-order valence-corrected chi connectivity index (χ3v) is 3.26. The summed E-state index contributed by atoms with van der Waals surface area (Å²) < 4.78 is 0. The predicted molar refractivity (Wildman–Crippen MR) is 65.9 cm³/mol. The van der Waals surface area contributed by atoms with Crippen molar-refractivity contribution in [2.45, 2.75) is 13.8 Å². The topological polar surface area (TPSA) is 40.6 Å². The predicted octanol–water partition coefficient (Wildman–Crippen LogP) is 1.11. The van der Waals surface area contributed by atoms with Gasteiger partial charge in [-0.25, -0.2) is 0 Å². The van der Waals surface area contributed by atoms with Gasteiger partial charge in [0.1, 0.15) is 6.54 Å². The Bertz CT molecular complexity index is 482. The molecule has 1 fully saturated rings.